The van der Waals surface area contributed by atoms with Crippen LogP contribution in [0, 0.1) is 0 Å². The van der Waals surface area contributed by atoms with Crippen LogP contribution in [-0.2, 0) is 0 Å². The number of rotatable bonds is 2. The average Bonchev–Trinajstić information content (AvgIpc) is 2.29. The second-order valence-corrected chi connectivity index (χ2v) is 3.68. The van der Waals surface area contributed by atoms with E-state index in [9.17, 15) is 0 Å². The highest BCUT2D eigenvalue weighted by atomic mass is 15.2. The number of nitrogens with zero attached hydrogens (tertiary/aromatic N) is 2. The van der Waals surface area contributed by atoms with Crippen LogP contribution >= 0.6 is 0 Å². The molecule has 0 unspecified atom stereocenters. The van der Waals surface area contributed by atoms with Crippen molar-refractivity contribution in [3.63, 3.8) is 0 Å². The summed E-state index contributed by atoms with van der Waals surface area (Å²) in [5, 5.41) is 0. The Hall–Kier alpha value is -1.25. The number of hydrogen-bond donors (Lipinski definition) is 1. The molecule has 78 valence electrons. The quantitative estimate of drug-likeness (QED) is 0.537. The Bertz CT molecular complexity index is 272. The third-order valence-electron chi connectivity index (χ3n) is 2.37. The van der Waals surface area contributed by atoms with Crippen LogP contribution in [0.15, 0.2) is 29.0 Å². The highest BCUT2D eigenvalue weighted by molar-refractivity contribution is 5.78. The summed E-state index contributed by atoms with van der Waals surface area (Å²) in [7, 11) is 2.05. The summed E-state index contributed by atoms with van der Waals surface area (Å²) in [5.41, 5.74) is 6.81. The van der Waals surface area contributed by atoms with Crippen molar-refractivity contribution in [3.05, 3.63) is 24.0 Å². The molecule has 14 heavy (non-hydrogen) atoms. The van der Waals surface area contributed by atoms with Crippen LogP contribution in [0.5, 0.6) is 0 Å². The molecule has 0 aromatic heterocycles. The van der Waals surface area contributed by atoms with Gasteiger partial charge in [0.05, 0.1) is 5.84 Å². The van der Waals surface area contributed by atoms with Gasteiger partial charge in [0.15, 0.2) is 0 Å². The highest BCUT2D eigenvalue weighted by Crippen LogP contribution is 2.21. The van der Waals surface area contributed by atoms with Crippen LogP contribution in [0.3, 0.4) is 0 Å². The maximum Gasteiger partial charge on any atom is 0.133 e. The summed E-state index contributed by atoms with van der Waals surface area (Å²) in [5.74, 6) is 1.59. The molecule has 0 radical (unpaired) electrons. The van der Waals surface area contributed by atoms with Gasteiger partial charge in [0.25, 0.3) is 0 Å². The Morgan fingerprint density at radius 2 is 2.29 bits per heavy atom. The lowest BCUT2D eigenvalue weighted by atomic mass is 10.1. The molecule has 3 nitrogen and oxygen atoms in total. The fraction of sp³-hybridized carbons (Fsp3) is 0.545. The molecule has 0 fully saturated rings. The standard InChI is InChI=1S/C11H19N3/c1-4-10-7-5-6-8-14(3)11(10)13-9(2)12/h4H,1,5-8H2,2-3H3,(H2,12,13). The third kappa shape index (κ3) is 2.62. The molecular formula is C11H19N3. The number of aliphatic imine (C=N–C) groups is 1. The average molecular weight is 193 g/mol. The molecule has 0 amide bonds. The van der Waals surface area contributed by atoms with Crippen molar-refractivity contribution in [2.45, 2.75) is 26.2 Å². The molecular weight excluding hydrogens is 174 g/mol. The molecule has 1 aliphatic rings. The Balaban J connectivity index is 3.03. The predicted octanol–water partition coefficient (Wildman–Crippen LogP) is 1.88. The summed E-state index contributed by atoms with van der Waals surface area (Å²) in [6.07, 6.45) is 5.36. The van der Waals surface area contributed by atoms with Crippen LogP contribution in [-0.4, -0.2) is 24.3 Å². The van der Waals surface area contributed by atoms with Crippen LogP contribution in [0.25, 0.3) is 0 Å². The van der Waals surface area contributed by atoms with E-state index in [1.165, 1.54) is 18.4 Å². The van der Waals surface area contributed by atoms with E-state index in [0.717, 1.165) is 18.8 Å². The van der Waals surface area contributed by atoms with Crippen molar-refractivity contribution >= 4 is 5.84 Å². The summed E-state index contributed by atoms with van der Waals surface area (Å²) in [6, 6.07) is 0. The first-order valence-corrected chi connectivity index (χ1v) is 5.02. The lowest BCUT2D eigenvalue weighted by Gasteiger charge is -2.18. The van der Waals surface area contributed by atoms with Gasteiger partial charge in [-0.1, -0.05) is 12.7 Å². The third-order valence-corrected chi connectivity index (χ3v) is 2.37. The summed E-state index contributed by atoms with van der Waals surface area (Å²) in [6.45, 7) is 6.68. The lowest BCUT2D eigenvalue weighted by molar-refractivity contribution is 0.411. The molecule has 0 aliphatic carbocycles. The van der Waals surface area contributed by atoms with Crippen molar-refractivity contribution in [1.29, 1.82) is 0 Å². The first-order chi connectivity index (χ1) is 6.65. The Kier molecular flexibility index (Phi) is 3.74. The van der Waals surface area contributed by atoms with E-state index in [-0.39, 0.29) is 0 Å². The Labute approximate surface area is 86.0 Å². The van der Waals surface area contributed by atoms with Crippen molar-refractivity contribution in [3.8, 4) is 0 Å². The number of nitrogens with two attached hydrogens (primary N) is 1. The van der Waals surface area contributed by atoms with Crippen molar-refractivity contribution < 1.29 is 0 Å². The fourth-order valence-corrected chi connectivity index (χ4v) is 1.64. The normalized spacial score (nSPS) is 19.6. The molecule has 0 saturated heterocycles. The van der Waals surface area contributed by atoms with Crippen LogP contribution in [0.4, 0.5) is 0 Å². The number of allylic oxidation sites excluding steroid dienone is 2. The minimum absolute atomic E-state index is 0.605. The van der Waals surface area contributed by atoms with Gasteiger partial charge < -0.3 is 10.6 Å². The van der Waals surface area contributed by atoms with Gasteiger partial charge in [-0.05, 0) is 31.8 Å². The predicted molar refractivity (Wildman–Crippen MR) is 61.0 cm³/mol. The highest BCUT2D eigenvalue weighted by Gasteiger charge is 2.12. The van der Waals surface area contributed by atoms with Crippen molar-refractivity contribution in [1.82, 2.24) is 4.90 Å². The van der Waals surface area contributed by atoms with Gasteiger partial charge in [-0.3, -0.25) is 0 Å². The molecule has 1 rings (SSSR count). The molecule has 1 heterocycles. The molecule has 3 heteroatoms. The van der Waals surface area contributed by atoms with Gasteiger partial charge in [0, 0.05) is 13.6 Å². The van der Waals surface area contributed by atoms with E-state index in [2.05, 4.69) is 23.5 Å². The van der Waals surface area contributed by atoms with Crippen LogP contribution < -0.4 is 5.73 Å². The maximum atomic E-state index is 5.61. The van der Waals surface area contributed by atoms with Crippen molar-refractivity contribution in [2.24, 2.45) is 10.7 Å². The van der Waals surface area contributed by atoms with Crippen LogP contribution in [0.2, 0.25) is 0 Å². The minimum Gasteiger partial charge on any atom is -0.387 e. The van der Waals surface area contributed by atoms with E-state index in [4.69, 9.17) is 5.73 Å². The van der Waals surface area contributed by atoms with Gasteiger partial charge in [-0.15, -0.1) is 0 Å². The largest absolute Gasteiger partial charge is 0.387 e. The summed E-state index contributed by atoms with van der Waals surface area (Å²) in [4.78, 5) is 6.51. The zero-order valence-corrected chi connectivity index (χ0v) is 9.08. The molecule has 0 aromatic carbocycles. The maximum absolute atomic E-state index is 5.61. The zero-order chi connectivity index (χ0) is 10.6. The molecule has 0 aromatic rings. The molecule has 0 bridgehead atoms. The number of amidine groups is 1. The van der Waals surface area contributed by atoms with E-state index in [1.54, 1.807) is 0 Å². The minimum atomic E-state index is 0.605. The zero-order valence-electron chi connectivity index (χ0n) is 9.08. The van der Waals surface area contributed by atoms with Crippen molar-refractivity contribution in [2.75, 3.05) is 13.6 Å². The van der Waals surface area contributed by atoms with E-state index in [1.807, 2.05) is 13.0 Å². The van der Waals surface area contributed by atoms with Gasteiger partial charge in [0.1, 0.15) is 5.82 Å². The second-order valence-electron chi connectivity index (χ2n) is 3.68. The summed E-state index contributed by atoms with van der Waals surface area (Å²) >= 11 is 0. The Morgan fingerprint density at radius 1 is 1.57 bits per heavy atom. The molecule has 0 spiro atoms. The first-order valence-electron chi connectivity index (χ1n) is 5.02. The van der Waals surface area contributed by atoms with Crippen LogP contribution in [0.1, 0.15) is 26.2 Å². The first kappa shape index (κ1) is 10.8. The van der Waals surface area contributed by atoms with Gasteiger partial charge in [-0.2, -0.15) is 0 Å². The van der Waals surface area contributed by atoms with Gasteiger partial charge in [0.2, 0.25) is 0 Å². The lowest BCUT2D eigenvalue weighted by Crippen LogP contribution is -2.19. The SMILES string of the molecule is C=CC1=C(/N=C(/C)N)N(C)CCCC1. The van der Waals surface area contributed by atoms with Gasteiger partial charge >= 0.3 is 0 Å². The monoisotopic (exact) mass is 193 g/mol. The molecule has 0 atom stereocenters. The smallest absolute Gasteiger partial charge is 0.133 e. The molecule has 2 N–H and O–H groups in total. The second kappa shape index (κ2) is 4.84. The molecule has 1 aliphatic heterocycles. The Morgan fingerprint density at radius 3 is 2.86 bits per heavy atom. The topological polar surface area (TPSA) is 41.6 Å². The van der Waals surface area contributed by atoms with E-state index >= 15 is 0 Å². The molecule has 0 saturated carbocycles. The fourth-order valence-electron chi connectivity index (χ4n) is 1.64. The van der Waals surface area contributed by atoms with E-state index < -0.39 is 0 Å². The van der Waals surface area contributed by atoms with E-state index in [0.29, 0.717) is 5.84 Å². The summed E-state index contributed by atoms with van der Waals surface area (Å²) < 4.78 is 0. The number of hydrogen-bond acceptors (Lipinski definition) is 2. The van der Waals surface area contributed by atoms with Gasteiger partial charge in [-0.25, -0.2) is 4.99 Å².